The van der Waals surface area contributed by atoms with Gasteiger partial charge in [0, 0.05) is 11.4 Å². The number of nitrogens with one attached hydrogen (secondary N) is 1. The molecular weight excluding hydrogens is 209 g/mol. The minimum atomic E-state index is 0.232. The predicted octanol–water partition coefficient (Wildman–Crippen LogP) is 2.79. The molecule has 2 aromatic rings. The molecule has 3 heteroatoms. The summed E-state index contributed by atoms with van der Waals surface area (Å²) in [7, 11) is 0. The highest BCUT2D eigenvalue weighted by atomic mass is 16.4. The van der Waals surface area contributed by atoms with E-state index in [9.17, 15) is 0 Å². The topological polar surface area (TPSA) is 21.3 Å². The first-order chi connectivity index (χ1) is 8.33. The van der Waals surface area contributed by atoms with Crippen LogP contribution >= 0.6 is 0 Å². The summed E-state index contributed by atoms with van der Waals surface area (Å²) in [5.41, 5.74) is 4.83. The highest BCUT2D eigenvalue weighted by Crippen LogP contribution is 2.19. The van der Waals surface area contributed by atoms with Crippen LogP contribution < -0.4 is 10.8 Å². The molecule has 0 radical (unpaired) electrons. The van der Waals surface area contributed by atoms with E-state index in [1.807, 2.05) is 18.2 Å². The SMILES string of the molecule is CB1OCc2cc(Nc3ccccc3)ccc21. The molecule has 0 unspecified atom stereocenters. The Balaban J connectivity index is 1.86. The second-order valence-corrected chi connectivity index (χ2v) is 4.36. The van der Waals surface area contributed by atoms with E-state index in [1.54, 1.807) is 0 Å². The minimum absolute atomic E-state index is 0.232. The Morgan fingerprint density at radius 2 is 1.88 bits per heavy atom. The van der Waals surface area contributed by atoms with Gasteiger partial charge in [-0.1, -0.05) is 31.1 Å². The van der Waals surface area contributed by atoms with E-state index in [-0.39, 0.29) is 6.92 Å². The highest BCUT2D eigenvalue weighted by molar-refractivity contribution is 6.67. The van der Waals surface area contributed by atoms with Crippen molar-refractivity contribution >= 4 is 23.8 Å². The van der Waals surface area contributed by atoms with Gasteiger partial charge in [0.2, 0.25) is 0 Å². The Labute approximate surface area is 102 Å². The van der Waals surface area contributed by atoms with Crippen LogP contribution in [-0.4, -0.2) is 6.92 Å². The fourth-order valence-corrected chi connectivity index (χ4v) is 2.20. The van der Waals surface area contributed by atoms with Gasteiger partial charge in [-0.15, -0.1) is 0 Å². The average Bonchev–Trinajstić information content (AvgIpc) is 2.72. The molecule has 0 fully saturated rings. The van der Waals surface area contributed by atoms with E-state index in [0.29, 0.717) is 0 Å². The van der Waals surface area contributed by atoms with E-state index in [2.05, 4.69) is 42.5 Å². The first kappa shape index (κ1) is 10.4. The van der Waals surface area contributed by atoms with Crippen molar-refractivity contribution in [3.63, 3.8) is 0 Å². The fourth-order valence-electron chi connectivity index (χ4n) is 2.20. The van der Waals surface area contributed by atoms with Crippen molar-refractivity contribution in [2.75, 3.05) is 5.32 Å². The van der Waals surface area contributed by atoms with Crippen LogP contribution in [0.15, 0.2) is 48.5 Å². The zero-order valence-electron chi connectivity index (χ0n) is 9.81. The lowest BCUT2D eigenvalue weighted by atomic mass is 9.64. The Hall–Kier alpha value is -1.74. The fraction of sp³-hybridized carbons (Fsp3) is 0.143. The summed E-state index contributed by atoms with van der Waals surface area (Å²) in [6, 6.07) is 16.6. The third-order valence-electron chi connectivity index (χ3n) is 3.13. The number of hydrogen-bond donors (Lipinski definition) is 1. The third-order valence-corrected chi connectivity index (χ3v) is 3.13. The second kappa shape index (κ2) is 4.26. The quantitative estimate of drug-likeness (QED) is 0.790. The zero-order chi connectivity index (χ0) is 11.7. The molecule has 2 nitrogen and oxygen atoms in total. The summed E-state index contributed by atoms with van der Waals surface area (Å²) in [6.07, 6.45) is 0. The number of rotatable bonds is 2. The van der Waals surface area contributed by atoms with Gasteiger partial charge in [-0.25, -0.2) is 0 Å². The maximum atomic E-state index is 5.60. The van der Waals surface area contributed by atoms with Gasteiger partial charge >= 0.3 is 6.92 Å². The summed E-state index contributed by atoms with van der Waals surface area (Å²) in [4.78, 5) is 0. The summed E-state index contributed by atoms with van der Waals surface area (Å²) >= 11 is 0. The summed E-state index contributed by atoms with van der Waals surface area (Å²) in [5, 5.41) is 3.39. The molecule has 0 saturated carbocycles. The van der Waals surface area contributed by atoms with Gasteiger partial charge in [0.25, 0.3) is 0 Å². The minimum Gasteiger partial charge on any atom is -0.427 e. The lowest BCUT2D eigenvalue weighted by Crippen LogP contribution is -2.23. The van der Waals surface area contributed by atoms with Crippen molar-refractivity contribution < 1.29 is 4.65 Å². The van der Waals surface area contributed by atoms with Crippen LogP contribution in [0.3, 0.4) is 0 Å². The number of fused-ring (bicyclic) bond motifs is 1. The molecule has 1 aliphatic heterocycles. The van der Waals surface area contributed by atoms with E-state index in [1.165, 1.54) is 11.0 Å². The van der Waals surface area contributed by atoms with Gasteiger partial charge in [0.1, 0.15) is 0 Å². The van der Waals surface area contributed by atoms with Crippen molar-refractivity contribution in [1.29, 1.82) is 0 Å². The second-order valence-electron chi connectivity index (χ2n) is 4.36. The molecule has 0 spiro atoms. The number of anilines is 2. The van der Waals surface area contributed by atoms with E-state index in [0.717, 1.165) is 18.0 Å². The molecule has 1 heterocycles. The van der Waals surface area contributed by atoms with Crippen LogP contribution in [0.5, 0.6) is 0 Å². The molecule has 17 heavy (non-hydrogen) atoms. The van der Waals surface area contributed by atoms with Gasteiger partial charge in [0.15, 0.2) is 0 Å². The molecular formula is C14H14BNO. The van der Waals surface area contributed by atoms with Gasteiger partial charge < -0.3 is 9.97 Å². The smallest absolute Gasteiger partial charge is 0.324 e. The summed E-state index contributed by atoms with van der Waals surface area (Å²) in [6.45, 7) is 3.05. The predicted molar refractivity (Wildman–Crippen MR) is 72.2 cm³/mol. The normalized spacial score (nSPS) is 13.6. The van der Waals surface area contributed by atoms with Crippen LogP contribution in [0.4, 0.5) is 11.4 Å². The van der Waals surface area contributed by atoms with E-state index in [4.69, 9.17) is 4.65 Å². The van der Waals surface area contributed by atoms with Crippen molar-refractivity contribution in [1.82, 2.24) is 0 Å². The summed E-state index contributed by atoms with van der Waals surface area (Å²) < 4.78 is 5.60. The lowest BCUT2D eigenvalue weighted by Gasteiger charge is -2.08. The van der Waals surface area contributed by atoms with Gasteiger partial charge in [0.05, 0.1) is 6.61 Å². The molecule has 1 aliphatic rings. The number of hydrogen-bond acceptors (Lipinski definition) is 2. The van der Waals surface area contributed by atoms with Crippen LogP contribution in [0.1, 0.15) is 5.56 Å². The van der Waals surface area contributed by atoms with E-state index >= 15 is 0 Å². The molecule has 3 rings (SSSR count). The molecule has 1 N–H and O–H groups in total. The van der Waals surface area contributed by atoms with Gasteiger partial charge in [-0.3, -0.25) is 0 Å². The maximum absolute atomic E-state index is 5.60. The van der Waals surface area contributed by atoms with Crippen LogP contribution in [-0.2, 0) is 11.3 Å². The van der Waals surface area contributed by atoms with Gasteiger partial charge in [-0.05, 0) is 35.3 Å². The van der Waals surface area contributed by atoms with Crippen molar-refractivity contribution in [2.24, 2.45) is 0 Å². The molecule has 2 aromatic carbocycles. The van der Waals surface area contributed by atoms with Crippen molar-refractivity contribution in [2.45, 2.75) is 13.4 Å². The first-order valence-corrected chi connectivity index (χ1v) is 5.89. The molecule has 84 valence electrons. The highest BCUT2D eigenvalue weighted by Gasteiger charge is 2.22. The molecule has 0 bridgehead atoms. The molecule has 0 aromatic heterocycles. The lowest BCUT2D eigenvalue weighted by molar-refractivity contribution is 0.334. The average molecular weight is 223 g/mol. The van der Waals surface area contributed by atoms with Crippen LogP contribution in [0.25, 0.3) is 0 Å². The zero-order valence-corrected chi connectivity index (χ0v) is 9.81. The van der Waals surface area contributed by atoms with Crippen molar-refractivity contribution in [3.05, 3.63) is 54.1 Å². The van der Waals surface area contributed by atoms with Crippen LogP contribution in [0, 0.1) is 0 Å². The van der Waals surface area contributed by atoms with Gasteiger partial charge in [-0.2, -0.15) is 0 Å². The van der Waals surface area contributed by atoms with E-state index < -0.39 is 0 Å². The molecule has 0 amide bonds. The molecule has 0 atom stereocenters. The molecule has 0 saturated heterocycles. The first-order valence-electron chi connectivity index (χ1n) is 5.89. The Kier molecular flexibility index (Phi) is 2.61. The number of para-hydroxylation sites is 1. The Morgan fingerprint density at radius 3 is 2.71 bits per heavy atom. The maximum Gasteiger partial charge on any atom is 0.324 e. The Morgan fingerprint density at radius 1 is 1.06 bits per heavy atom. The summed E-state index contributed by atoms with van der Waals surface area (Å²) in [5.74, 6) is 0. The monoisotopic (exact) mass is 223 g/mol. The van der Waals surface area contributed by atoms with Crippen molar-refractivity contribution in [3.8, 4) is 0 Å². The van der Waals surface area contributed by atoms with Crippen LogP contribution in [0.2, 0.25) is 6.82 Å². The molecule has 0 aliphatic carbocycles. The third kappa shape index (κ3) is 2.06. The Bertz CT molecular complexity index is 527. The standard InChI is InChI=1S/C14H14BNO/c1-15-14-8-7-13(9-11(14)10-17-15)16-12-5-3-2-4-6-12/h2-9,16H,10H2,1H3. The number of benzene rings is 2. The largest absolute Gasteiger partial charge is 0.427 e.